The lowest BCUT2D eigenvalue weighted by Crippen LogP contribution is -2.30. The maximum absolute atomic E-state index is 6.29. The fourth-order valence-corrected chi connectivity index (χ4v) is 5.52. The fourth-order valence-electron chi connectivity index (χ4n) is 5.04. The van der Waals surface area contributed by atoms with E-state index in [1.54, 1.807) is 0 Å². The SMILES string of the molecule is NC[C@@H]1CCc2cccc(-c3ccccc3Cl)c2O1.NC[C@H]1CCc2cccc(-c3ccccc3Cl)c2O1. The van der Waals surface area contributed by atoms with Gasteiger partial charge in [0.1, 0.15) is 23.7 Å². The number of hydrogen-bond acceptors (Lipinski definition) is 4. The average Bonchev–Trinajstić information content (AvgIpc) is 2.97. The van der Waals surface area contributed by atoms with Crippen molar-refractivity contribution >= 4 is 23.2 Å². The summed E-state index contributed by atoms with van der Waals surface area (Å²) in [6, 6.07) is 28.2. The zero-order chi connectivity index (χ0) is 26.5. The molecule has 2 aliphatic heterocycles. The lowest BCUT2D eigenvalue weighted by molar-refractivity contribution is 0.182. The van der Waals surface area contributed by atoms with Crippen molar-refractivity contribution in [3.8, 4) is 33.8 Å². The predicted molar refractivity (Wildman–Crippen MR) is 157 cm³/mol. The molecule has 0 spiro atoms. The number of aryl methyl sites for hydroxylation is 2. The Morgan fingerprint density at radius 2 is 0.947 bits per heavy atom. The van der Waals surface area contributed by atoms with E-state index < -0.39 is 0 Å². The molecule has 0 aliphatic carbocycles. The number of fused-ring (bicyclic) bond motifs is 2. The van der Waals surface area contributed by atoms with Crippen LogP contribution in [-0.2, 0) is 12.8 Å². The normalized spacial score (nSPS) is 17.7. The van der Waals surface area contributed by atoms with Crippen LogP contribution in [0.1, 0.15) is 24.0 Å². The second kappa shape index (κ2) is 12.2. The van der Waals surface area contributed by atoms with Gasteiger partial charge in [0.05, 0.1) is 0 Å². The number of nitrogens with two attached hydrogens (primary N) is 2. The van der Waals surface area contributed by atoms with E-state index in [1.807, 2.05) is 48.5 Å². The number of para-hydroxylation sites is 2. The molecular formula is C32H32Cl2N2O2. The Labute approximate surface area is 234 Å². The summed E-state index contributed by atoms with van der Waals surface area (Å²) >= 11 is 12.6. The quantitative estimate of drug-likeness (QED) is 0.281. The van der Waals surface area contributed by atoms with E-state index >= 15 is 0 Å². The number of hydrogen-bond donors (Lipinski definition) is 2. The molecule has 38 heavy (non-hydrogen) atoms. The van der Waals surface area contributed by atoms with Gasteiger partial charge in [0, 0.05) is 45.4 Å². The number of ether oxygens (including phenoxy) is 2. The molecule has 2 atom stereocenters. The van der Waals surface area contributed by atoms with Crippen molar-refractivity contribution < 1.29 is 9.47 Å². The minimum absolute atomic E-state index is 0.108. The van der Waals surface area contributed by atoms with E-state index in [4.69, 9.17) is 44.1 Å². The van der Waals surface area contributed by atoms with Crippen molar-refractivity contribution in [2.45, 2.75) is 37.9 Å². The Bertz CT molecular complexity index is 1300. The van der Waals surface area contributed by atoms with Crippen LogP contribution >= 0.6 is 23.2 Å². The molecule has 2 heterocycles. The van der Waals surface area contributed by atoms with E-state index in [9.17, 15) is 0 Å². The molecule has 0 saturated heterocycles. The maximum atomic E-state index is 6.29. The summed E-state index contributed by atoms with van der Waals surface area (Å²) in [6.45, 7) is 1.10. The Hall–Kier alpha value is -3.02. The molecule has 4 aromatic rings. The maximum Gasteiger partial charge on any atom is 0.130 e. The van der Waals surface area contributed by atoms with E-state index in [1.165, 1.54) is 11.1 Å². The first-order valence-electron chi connectivity index (χ1n) is 13.1. The van der Waals surface area contributed by atoms with Crippen LogP contribution in [0, 0.1) is 0 Å². The summed E-state index contributed by atoms with van der Waals surface area (Å²) in [4.78, 5) is 0. The third-order valence-corrected chi connectivity index (χ3v) is 7.75. The topological polar surface area (TPSA) is 70.5 Å². The van der Waals surface area contributed by atoms with Crippen LogP contribution in [0.4, 0.5) is 0 Å². The van der Waals surface area contributed by atoms with Crippen molar-refractivity contribution in [2.75, 3.05) is 13.1 Å². The first kappa shape index (κ1) is 26.6. The zero-order valence-electron chi connectivity index (χ0n) is 21.2. The summed E-state index contributed by atoms with van der Waals surface area (Å²) in [5.41, 5.74) is 18.1. The molecule has 0 amide bonds. The van der Waals surface area contributed by atoms with Crippen LogP contribution in [0.15, 0.2) is 84.9 Å². The predicted octanol–water partition coefficient (Wildman–Crippen LogP) is 7.32. The molecule has 0 aromatic heterocycles. The van der Waals surface area contributed by atoms with Gasteiger partial charge in [-0.1, -0.05) is 96.0 Å². The molecule has 6 heteroatoms. The van der Waals surface area contributed by atoms with Gasteiger partial charge in [-0.05, 0) is 48.9 Å². The standard InChI is InChI=1S/2C16H16ClNO/c2*17-15-7-2-1-5-13(15)14-6-3-4-11-8-9-12(10-18)19-16(11)14/h2*1-7,12H,8-10,18H2/t2*12-/m10/s1. The van der Waals surface area contributed by atoms with Crippen LogP contribution in [0.3, 0.4) is 0 Å². The minimum atomic E-state index is 0.108. The Morgan fingerprint density at radius 3 is 1.34 bits per heavy atom. The van der Waals surface area contributed by atoms with Crippen molar-refractivity contribution in [2.24, 2.45) is 11.5 Å². The summed E-state index contributed by atoms with van der Waals surface area (Å²) in [6.07, 6.45) is 4.20. The van der Waals surface area contributed by atoms with Gasteiger partial charge in [0.15, 0.2) is 0 Å². The third-order valence-electron chi connectivity index (χ3n) is 7.09. The zero-order valence-corrected chi connectivity index (χ0v) is 22.7. The molecule has 6 rings (SSSR count). The Kier molecular flexibility index (Phi) is 8.55. The molecule has 0 fully saturated rings. The number of benzene rings is 4. The molecule has 4 N–H and O–H groups in total. The van der Waals surface area contributed by atoms with Gasteiger partial charge in [-0.3, -0.25) is 0 Å². The van der Waals surface area contributed by atoms with Crippen molar-refractivity contribution in [3.63, 3.8) is 0 Å². The summed E-state index contributed by atoms with van der Waals surface area (Å²) in [5.74, 6) is 1.88. The first-order valence-corrected chi connectivity index (χ1v) is 13.8. The molecule has 0 radical (unpaired) electrons. The third kappa shape index (κ3) is 5.69. The fraction of sp³-hybridized carbons (Fsp3) is 0.250. The average molecular weight is 548 g/mol. The molecule has 4 nitrogen and oxygen atoms in total. The highest BCUT2D eigenvalue weighted by Crippen LogP contribution is 2.41. The van der Waals surface area contributed by atoms with Gasteiger partial charge in [-0.2, -0.15) is 0 Å². The van der Waals surface area contributed by atoms with Crippen LogP contribution in [0.2, 0.25) is 10.0 Å². The lowest BCUT2D eigenvalue weighted by Gasteiger charge is -2.27. The molecule has 2 aliphatic rings. The molecule has 0 bridgehead atoms. The smallest absolute Gasteiger partial charge is 0.130 e. The largest absolute Gasteiger partial charge is 0.488 e. The summed E-state index contributed by atoms with van der Waals surface area (Å²) in [5, 5.41) is 1.49. The highest BCUT2D eigenvalue weighted by atomic mass is 35.5. The van der Waals surface area contributed by atoms with Crippen LogP contribution in [0.25, 0.3) is 22.3 Å². The first-order chi connectivity index (χ1) is 18.6. The van der Waals surface area contributed by atoms with Crippen molar-refractivity contribution in [1.82, 2.24) is 0 Å². The molecule has 196 valence electrons. The van der Waals surface area contributed by atoms with Crippen LogP contribution < -0.4 is 20.9 Å². The van der Waals surface area contributed by atoms with Gasteiger partial charge >= 0.3 is 0 Å². The van der Waals surface area contributed by atoms with E-state index in [2.05, 4.69) is 36.4 Å². The minimum Gasteiger partial charge on any atom is -0.488 e. The number of halogens is 2. The molecule has 4 aromatic carbocycles. The van der Waals surface area contributed by atoms with Gasteiger partial charge in [0.2, 0.25) is 0 Å². The van der Waals surface area contributed by atoms with E-state index in [0.29, 0.717) is 13.1 Å². The van der Waals surface area contributed by atoms with Gasteiger partial charge < -0.3 is 20.9 Å². The highest BCUT2D eigenvalue weighted by molar-refractivity contribution is 6.33. The second-order valence-corrected chi connectivity index (χ2v) is 10.4. The van der Waals surface area contributed by atoms with E-state index in [-0.39, 0.29) is 12.2 Å². The summed E-state index contributed by atoms with van der Waals surface area (Å²) in [7, 11) is 0. The number of rotatable bonds is 4. The second-order valence-electron chi connectivity index (χ2n) is 9.58. The molecule has 0 saturated carbocycles. The van der Waals surface area contributed by atoms with Crippen molar-refractivity contribution in [3.05, 3.63) is 106 Å². The Balaban J connectivity index is 0.000000155. The lowest BCUT2D eigenvalue weighted by atomic mass is 9.95. The Morgan fingerprint density at radius 1 is 0.553 bits per heavy atom. The highest BCUT2D eigenvalue weighted by Gasteiger charge is 2.23. The summed E-state index contributed by atoms with van der Waals surface area (Å²) < 4.78 is 12.1. The van der Waals surface area contributed by atoms with Crippen molar-refractivity contribution in [1.29, 1.82) is 0 Å². The van der Waals surface area contributed by atoms with E-state index in [0.717, 1.165) is 69.5 Å². The molecular weight excluding hydrogens is 515 g/mol. The molecule has 0 unspecified atom stereocenters. The van der Waals surface area contributed by atoms with Crippen LogP contribution in [0.5, 0.6) is 11.5 Å². The van der Waals surface area contributed by atoms with Gasteiger partial charge in [0.25, 0.3) is 0 Å². The van der Waals surface area contributed by atoms with Crippen LogP contribution in [-0.4, -0.2) is 25.3 Å². The van der Waals surface area contributed by atoms with Gasteiger partial charge in [-0.15, -0.1) is 0 Å². The van der Waals surface area contributed by atoms with Gasteiger partial charge in [-0.25, -0.2) is 0 Å². The monoisotopic (exact) mass is 546 g/mol.